The number of nitrogens with one attached hydrogen (secondary N) is 2. The SMILES string of the molecule is COc1ccc2cc1OCC(=O)NCc1ccc(cc1)O[C@H]1CN(S(=O)(=O)c3ccc4oc(=O)n(C)c4c3)C[C@@H]1NC2=O. The summed E-state index contributed by atoms with van der Waals surface area (Å²) in [5.74, 6) is -0.452. The zero-order chi connectivity index (χ0) is 30.3. The highest BCUT2D eigenvalue weighted by atomic mass is 32.2. The fourth-order valence-corrected chi connectivity index (χ4v) is 6.55. The van der Waals surface area contributed by atoms with E-state index in [2.05, 4.69) is 10.6 Å². The quantitative estimate of drug-likeness (QED) is 0.351. The highest BCUT2D eigenvalue weighted by Crippen LogP contribution is 2.30. The van der Waals surface area contributed by atoms with Gasteiger partial charge in [-0.05, 0) is 54.1 Å². The third-order valence-corrected chi connectivity index (χ3v) is 9.26. The molecule has 1 fully saturated rings. The number of nitrogens with zero attached hydrogens (tertiary/aromatic N) is 2. The Morgan fingerprint density at radius 3 is 2.53 bits per heavy atom. The van der Waals surface area contributed by atoms with Gasteiger partial charge in [0.05, 0.1) is 30.1 Å². The van der Waals surface area contributed by atoms with Crippen molar-refractivity contribution in [1.82, 2.24) is 19.5 Å². The van der Waals surface area contributed by atoms with Gasteiger partial charge in [-0.25, -0.2) is 13.2 Å². The molecular formula is C29H28N4O9S. The molecule has 3 aromatic carbocycles. The Morgan fingerprint density at radius 2 is 1.77 bits per heavy atom. The number of aromatic nitrogens is 1. The van der Waals surface area contributed by atoms with Gasteiger partial charge < -0.3 is 29.3 Å². The van der Waals surface area contributed by atoms with Crippen LogP contribution < -0.4 is 30.6 Å². The Bertz CT molecular complexity index is 1880. The van der Waals surface area contributed by atoms with Crippen molar-refractivity contribution in [2.45, 2.75) is 23.6 Å². The lowest BCUT2D eigenvalue weighted by Crippen LogP contribution is -2.45. The monoisotopic (exact) mass is 608 g/mol. The average molecular weight is 609 g/mol. The summed E-state index contributed by atoms with van der Waals surface area (Å²) in [7, 11) is -1.12. The van der Waals surface area contributed by atoms with Crippen molar-refractivity contribution < 1.29 is 36.6 Å². The van der Waals surface area contributed by atoms with Crippen LogP contribution in [0.4, 0.5) is 0 Å². The molecule has 224 valence electrons. The molecule has 0 spiro atoms. The number of carbonyl (C=O) groups is 2. The van der Waals surface area contributed by atoms with Gasteiger partial charge in [-0.3, -0.25) is 14.2 Å². The lowest BCUT2D eigenvalue weighted by atomic mass is 10.1. The molecule has 13 nitrogen and oxygen atoms in total. The lowest BCUT2D eigenvalue weighted by Gasteiger charge is -2.21. The van der Waals surface area contributed by atoms with E-state index in [1.807, 2.05) is 0 Å². The summed E-state index contributed by atoms with van der Waals surface area (Å²) >= 11 is 0. The van der Waals surface area contributed by atoms with Crippen molar-refractivity contribution in [2.24, 2.45) is 7.05 Å². The van der Waals surface area contributed by atoms with E-state index in [9.17, 15) is 22.8 Å². The summed E-state index contributed by atoms with van der Waals surface area (Å²) in [6.45, 7) is -0.162. The second-order valence-electron chi connectivity index (χ2n) is 10.2. The van der Waals surface area contributed by atoms with Gasteiger partial charge in [0.1, 0.15) is 11.9 Å². The first-order chi connectivity index (χ1) is 20.6. The molecule has 4 bridgehead atoms. The second-order valence-corrected chi connectivity index (χ2v) is 12.1. The van der Waals surface area contributed by atoms with Crippen LogP contribution in [0.25, 0.3) is 11.1 Å². The fourth-order valence-electron chi connectivity index (χ4n) is 5.05. The largest absolute Gasteiger partial charge is 0.493 e. The number of sulfonamides is 1. The Hall–Kier alpha value is -4.82. The van der Waals surface area contributed by atoms with Crippen molar-refractivity contribution in [3.63, 3.8) is 0 Å². The smallest absolute Gasteiger partial charge is 0.419 e. The number of ether oxygens (including phenoxy) is 3. The number of carbonyl (C=O) groups excluding carboxylic acids is 2. The summed E-state index contributed by atoms with van der Waals surface area (Å²) in [6, 6.07) is 15.0. The Morgan fingerprint density at radius 1 is 0.977 bits per heavy atom. The minimum atomic E-state index is -4.06. The van der Waals surface area contributed by atoms with E-state index in [0.29, 0.717) is 17.0 Å². The van der Waals surface area contributed by atoms with Gasteiger partial charge in [0.2, 0.25) is 10.0 Å². The van der Waals surface area contributed by atoms with Gasteiger partial charge in [0.15, 0.2) is 23.7 Å². The molecule has 0 aliphatic carbocycles. The van der Waals surface area contributed by atoms with Gasteiger partial charge in [0.25, 0.3) is 11.8 Å². The van der Waals surface area contributed by atoms with E-state index in [0.717, 1.165) is 5.56 Å². The number of rotatable bonds is 3. The molecule has 1 aromatic heterocycles. The summed E-state index contributed by atoms with van der Waals surface area (Å²) in [6.07, 6.45) is -0.740. The minimum Gasteiger partial charge on any atom is -0.493 e. The molecule has 0 radical (unpaired) electrons. The molecular weight excluding hydrogens is 580 g/mol. The standard InChI is InChI=1S/C29H28N4O9S/c1-32-22-12-20(8-10-23(22)42-29(32)36)43(37,38)33-14-21-26(15-33)41-19-6-3-17(4-7-19)13-30-27(34)16-40-25-11-18(28(35)31-21)5-9-24(25)39-2/h3-12,21,26H,13-16H2,1-2H3,(H,30,34)(H,31,35)/t21-,26-/m0/s1. The Labute approximate surface area is 246 Å². The van der Waals surface area contributed by atoms with E-state index in [-0.39, 0.29) is 53.9 Å². The number of hydrogen-bond donors (Lipinski definition) is 2. The van der Waals surface area contributed by atoms with Crippen LogP contribution >= 0.6 is 0 Å². The number of oxazole rings is 1. The van der Waals surface area contributed by atoms with Crippen molar-refractivity contribution in [3.05, 3.63) is 82.3 Å². The third kappa shape index (κ3) is 5.53. The number of fused-ring (bicyclic) bond motifs is 8. The maximum absolute atomic E-state index is 13.8. The highest BCUT2D eigenvalue weighted by molar-refractivity contribution is 7.89. The zero-order valence-electron chi connectivity index (χ0n) is 23.2. The fraction of sp³-hybridized carbons (Fsp3) is 0.276. The van der Waals surface area contributed by atoms with Gasteiger partial charge in [0, 0.05) is 25.7 Å². The molecule has 0 saturated carbocycles. The molecule has 43 heavy (non-hydrogen) atoms. The van der Waals surface area contributed by atoms with Crippen LogP contribution in [-0.2, 0) is 28.4 Å². The van der Waals surface area contributed by atoms with E-state index >= 15 is 0 Å². The van der Waals surface area contributed by atoms with Crippen LogP contribution in [0.5, 0.6) is 17.2 Å². The van der Waals surface area contributed by atoms with Crippen LogP contribution in [0, 0.1) is 0 Å². The number of methoxy groups -OCH3 is 1. The molecule has 3 aliphatic rings. The number of benzene rings is 3. The van der Waals surface area contributed by atoms with Crippen molar-refractivity contribution >= 4 is 32.9 Å². The van der Waals surface area contributed by atoms with Crippen molar-refractivity contribution in [3.8, 4) is 17.2 Å². The van der Waals surface area contributed by atoms with Crippen LogP contribution in [-0.4, -0.2) is 68.1 Å². The molecule has 1 saturated heterocycles. The molecule has 4 heterocycles. The Balaban J connectivity index is 1.34. The maximum Gasteiger partial charge on any atom is 0.419 e. The van der Waals surface area contributed by atoms with Crippen molar-refractivity contribution in [2.75, 3.05) is 26.8 Å². The van der Waals surface area contributed by atoms with Crippen LogP contribution in [0.15, 0.2) is 74.8 Å². The highest BCUT2D eigenvalue weighted by Gasteiger charge is 2.42. The number of amides is 2. The van der Waals surface area contributed by atoms with Gasteiger partial charge in [-0.2, -0.15) is 4.31 Å². The third-order valence-electron chi connectivity index (χ3n) is 7.43. The molecule has 2 atom stereocenters. The summed E-state index contributed by atoms with van der Waals surface area (Å²) < 4.78 is 52.4. The van der Waals surface area contributed by atoms with E-state index in [1.54, 1.807) is 30.3 Å². The molecule has 2 N–H and O–H groups in total. The first-order valence-electron chi connectivity index (χ1n) is 13.4. The first-order valence-corrected chi connectivity index (χ1v) is 14.8. The molecule has 0 unspecified atom stereocenters. The van der Waals surface area contributed by atoms with Gasteiger partial charge >= 0.3 is 5.76 Å². The van der Waals surface area contributed by atoms with Crippen LogP contribution in [0.2, 0.25) is 0 Å². The van der Waals surface area contributed by atoms with E-state index in [1.165, 1.54) is 53.4 Å². The predicted octanol–water partition coefficient (Wildman–Crippen LogP) is 1.40. The summed E-state index contributed by atoms with van der Waals surface area (Å²) in [4.78, 5) is 37.7. The topological polar surface area (TPSA) is 158 Å². The molecule has 2 amide bonds. The average Bonchev–Trinajstić information content (AvgIpc) is 3.54. The predicted molar refractivity (Wildman–Crippen MR) is 153 cm³/mol. The normalized spacial score (nSPS) is 19.6. The molecule has 7 rings (SSSR count). The number of hydrogen-bond acceptors (Lipinski definition) is 9. The Kier molecular flexibility index (Phi) is 7.31. The van der Waals surface area contributed by atoms with Crippen LogP contribution in [0.1, 0.15) is 15.9 Å². The van der Waals surface area contributed by atoms with Gasteiger partial charge in [-0.1, -0.05) is 12.1 Å². The van der Waals surface area contributed by atoms with Gasteiger partial charge in [-0.15, -0.1) is 0 Å². The lowest BCUT2D eigenvalue weighted by molar-refractivity contribution is -0.123. The molecule has 14 heteroatoms. The molecule has 4 aromatic rings. The molecule has 3 aliphatic heterocycles. The van der Waals surface area contributed by atoms with E-state index < -0.39 is 33.8 Å². The van der Waals surface area contributed by atoms with E-state index in [4.69, 9.17) is 18.6 Å². The zero-order valence-corrected chi connectivity index (χ0v) is 24.1. The van der Waals surface area contributed by atoms with Crippen LogP contribution in [0.3, 0.4) is 0 Å². The minimum absolute atomic E-state index is 0.0278. The number of aryl methyl sites for hydroxylation is 1. The summed E-state index contributed by atoms with van der Waals surface area (Å²) in [5.41, 5.74) is 1.64. The summed E-state index contributed by atoms with van der Waals surface area (Å²) in [5, 5.41) is 5.68. The van der Waals surface area contributed by atoms with Crippen molar-refractivity contribution in [1.29, 1.82) is 0 Å². The second kappa shape index (κ2) is 11.1. The first kappa shape index (κ1) is 28.3. The maximum atomic E-state index is 13.8.